The minimum Gasteiger partial charge on any atom is -0.227 e. The molecule has 0 aliphatic carbocycles. The second-order valence-corrected chi connectivity index (χ2v) is 8.92. The number of alkyl halides is 6. The summed E-state index contributed by atoms with van der Waals surface area (Å²) < 4.78 is 96.5. The van der Waals surface area contributed by atoms with E-state index in [-0.39, 0.29) is 5.56 Å². The highest BCUT2D eigenvalue weighted by Gasteiger charge is 2.40. The van der Waals surface area contributed by atoms with Crippen molar-refractivity contribution in [2.45, 2.75) is 35.5 Å². The fourth-order valence-corrected chi connectivity index (χ4v) is 4.18. The van der Waals surface area contributed by atoms with E-state index in [1.165, 1.54) is 6.07 Å². The number of nitrogens with zero attached hydrogens (tertiary/aromatic N) is 1. The molecular formula is C14H13F6NO2S2. The first-order valence-electron chi connectivity index (χ1n) is 6.70. The molecule has 0 bridgehead atoms. The molecule has 0 aromatic heterocycles. The summed E-state index contributed by atoms with van der Waals surface area (Å²) in [5.41, 5.74) is -5.50. The average Bonchev–Trinajstić information content (AvgIpc) is 2.44. The van der Waals surface area contributed by atoms with Crippen LogP contribution in [-0.2, 0) is 21.8 Å². The summed E-state index contributed by atoms with van der Waals surface area (Å²) in [6.07, 6.45) is -5.13. The van der Waals surface area contributed by atoms with E-state index in [0.29, 0.717) is 12.1 Å². The van der Waals surface area contributed by atoms with Crippen LogP contribution in [0.3, 0.4) is 0 Å². The predicted molar refractivity (Wildman–Crippen MR) is 81.2 cm³/mol. The van der Waals surface area contributed by atoms with Gasteiger partial charge in [-0.1, -0.05) is 23.9 Å². The lowest BCUT2D eigenvalue weighted by Crippen LogP contribution is -2.35. The normalized spacial score (nSPS) is 15.4. The van der Waals surface area contributed by atoms with Crippen LogP contribution in [0, 0.1) is 11.3 Å². The quantitative estimate of drug-likeness (QED) is 0.652. The second-order valence-electron chi connectivity index (χ2n) is 5.34. The SMILES string of the molecule is CC(C#N)(CCSC(F)(F)F)S(=O)(=O)Cc1ccc(C(F)(F)F)cc1. The van der Waals surface area contributed by atoms with Crippen LogP contribution in [-0.4, -0.2) is 24.4 Å². The van der Waals surface area contributed by atoms with Gasteiger partial charge in [-0.25, -0.2) is 8.42 Å². The van der Waals surface area contributed by atoms with Crippen molar-refractivity contribution in [3.8, 4) is 6.07 Å². The van der Waals surface area contributed by atoms with Crippen molar-refractivity contribution >= 4 is 21.6 Å². The van der Waals surface area contributed by atoms with Crippen LogP contribution in [0.25, 0.3) is 0 Å². The summed E-state index contributed by atoms with van der Waals surface area (Å²) in [5, 5.41) is 9.11. The van der Waals surface area contributed by atoms with Gasteiger partial charge in [0.2, 0.25) is 0 Å². The van der Waals surface area contributed by atoms with Crippen molar-refractivity contribution in [1.29, 1.82) is 5.26 Å². The first kappa shape index (κ1) is 21.6. The lowest BCUT2D eigenvalue weighted by Gasteiger charge is -2.22. The van der Waals surface area contributed by atoms with Gasteiger partial charge in [0.1, 0.15) is 0 Å². The first-order valence-corrected chi connectivity index (χ1v) is 9.34. The van der Waals surface area contributed by atoms with Crippen molar-refractivity contribution < 1.29 is 34.8 Å². The molecule has 1 aromatic carbocycles. The molecule has 0 amide bonds. The number of sulfone groups is 1. The third kappa shape index (κ3) is 6.11. The number of thioether (sulfide) groups is 1. The number of halogens is 6. The highest BCUT2D eigenvalue weighted by atomic mass is 32.2. The Morgan fingerprint density at radius 3 is 2.00 bits per heavy atom. The molecule has 0 radical (unpaired) electrons. The molecule has 1 unspecified atom stereocenters. The molecule has 0 saturated heterocycles. The van der Waals surface area contributed by atoms with Gasteiger partial charge in [0, 0.05) is 5.75 Å². The van der Waals surface area contributed by atoms with E-state index in [1.54, 1.807) is 0 Å². The second kappa shape index (κ2) is 7.45. The standard InChI is InChI=1S/C14H13F6NO2S2/c1-12(9-21,6-7-24-14(18,19)20)25(22,23)8-10-2-4-11(5-3-10)13(15,16)17/h2-5H,6-8H2,1H3. The molecule has 0 N–H and O–H groups in total. The number of nitriles is 1. The molecule has 1 aromatic rings. The van der Waals surface area contributed by atoms with Crippen LogP contribution in [0.1, 0.15) is 24.5 Å². The van der Waals surface area contributed by atoms with E-state index >= 15 is 0 Å². The minimum absolute atomic E-state index is 0.0120. The van der Waals surface area contributed by atoms with E-state index in [4.69, 9.17) is 5.26 Å². The van der Waals surface area contributed by atoms with Gasteiger partial charge < -0.3 is 0 Å². The van der Waals surface area contributed by atoms with Crippen LogP contribution in [0.2, 0.25) is 0 Å². The fourth-order valence-electron chi connectivity index (χ4n) is 1.81. The van der Waals surface area contributed by atoms with E-state index in [9.17, 15) is 34.8 Å². The topological polar surface area (TPSA) is 57.9 Å². The Hall–Kier alpha value is -1.41. The van der Waals surface area contributed by atoms with Crippen molar-refractivity contribution in [2.24, 2.45) is 0 Å². The number of benzene rings is 1. The molecule has 0 fully saturated rings. The maximum atomic E-state index is 12.5. The van der Waals surface area contributed by atoms with E-state index < -0.39 is 61.5 Å². The highest BCUT2D eigenvalue weighted by Crippen LogP contribution is 2.34. The minimum atomic E-state index is -4.58. The van der Waals surface area contributed by atoms with Gasteiger partial charge >= 0.3 is 11.7 Å². The molecule has 140 valence electrons. The first-order chi connectivity index (χ1) is 11.2. The molecule has 11 heteroatoms. The Balaban J connectivity index is 2.92. The van der Waals surface area contributed by atoms with Crippen LogP contribution in [0.5, 0.6) is 0 Å². The summed E-state index contributed by atoms with van der Waals surface area (Å²) in [7, 11) is -4.21. The monoisotopic (exact) mass is 405 g/mol. The zero-order valence-corrected chi connectivity index (χ0v) is 14.4. The third-order valence-corrected chi connectivity index (χ3v) is 6.52. The molecule has 3 nitrogen and oxygen atoms in total. The van der Waals surface area contributed by atoms with Crippen molar-refractivity contribution in [2.75, 3.05) is 5.75 Å². The largest absolute Gasteiger partial charge is 0.441 e. The smallest absolute Gasteiger partial charge is 0.227 e. The summed E-state index contributed by atoms with van der Waals surface area (Å²) in [6, 6.07) is 4.84. The lowest BCUT2D eigenvalue weighted by atomic mass is 10.1. The van der Waals surface area contributed by atoms with Crippen molar-refractivity contribution in [1.82, 2.24) is 0 Å². The van der Waals surface area contributed by atoms with Crippen molar-refractivity contribution in [3.05, 3.63) is 35.4 Å². The highest BCUT2D eigenvalue weighted by molar-refractivity contribution is 8.00. The Labute approximate surface area is 144 Å². The van der Waals surface area contributed by atoms with Crippen LogP contribution in [0.15, 0.2) is 24.3 Å². The van der Waals surface area contributed by atoms with E-state index in [0.717, 1.165) is 19.1 Å². The van der Waals surface area contributed by atoms with Gasteiger partial charge in [-0.3, -0.25) is 0 Å². The van der Waals surface area contributed by atoms with Crippen LogP contribution in [0.4, 0.5) is 26.3 Å². The molecule has 0 saturated carbocycles. The number of rotatable bonds is 6. The summed E-state index contributed by atoms with van der Waals surface area (Å²) in [4.78, 5) is 0. The summed E-state index contributed by atoms with van der Waals surface area (Å²) in [5.74, 6) is -1.37. The molecule has 0 aliphatic heterocycles. The third-order valence-electron chi connectivity index (χ3n) is 3.41. The maximum absolute atomic E-state index is 12.5. The van der Waals surface area contributed by atoms with Gasteiger partial charge in [0.25, 0.3) is 0 Å². The molecular weight excluding hydrogens is 392 g/mol. The Morgan fingerprint density at radius 1 is 1.08 bits per heavy atom. The predicted octanol–water partition coefficient (Wildman–Crippen LogP) is 4.55. The van der Waals surface area contributed by atoms with E-state index in [2.05, 4.69) is 0 Å². The zero-order valence-electron chi connectivity index (χ0n) is 12.8. The maximum Gasteiger partial charge on any atom is 0.441 e. The Morgan fingerprint density at radius 2 is 1.60 bits per heavy atom. The zero-order chi connectivity index (χ0) is 19.5. The van der Waals surface area contributed by atoms with Gasteiger partial charge in [-0.05, 0) is 31.0 Å². The van der Waals surface area contributed by atoms with Gasteiger partial charge in [-0.15, -0.1) is 0 Å². The summed E-state index contributed by atoms with van der Waals surface area (Å²) >= 11 is -0.438. The average molecular weight is 405 g/mol. The van der Waals surface area contributed by atoms with Gasteiger partial charge in [-0.2, -0.15) is 31.6 Å². The van der Waals surface area contributed by atoms with Gasteiger partial charge in [0.15, 0.2) is 14.6 Å². The fraction of sp³-hybridized carbons (Fsp3) is 0.500. The number of hydrogen-bond acceptors (Lipinski definition) is 4. The Kier molecular flexibility index (Phi) is 6.45. The molecule has 0 heterocycles. The van der Waals surface area contributed by atoms with Crippen LogP contribution >= 0.6 is 11.8 Å². The van der Waals surface area contributed by atoms with Crippen LogP contribution < -0.4 is 0 Å². The molecule has 0 spiro atoms. The summed E-state index contributed by atoms with van der Waals surface area (Å²) in [6.45, 7) is 1.00. The molecule has 1 atom stereocenters. The number of hydrogen-bond donors (Lipinski definition) is 0. The van der Waals surface area contributed by atoms with Crippen molar-refractivity contribution in [3.63, 3.8) is 0 Å². The molecule has 0 aliphatic rings. The Bertz CT molecular complexity index is 735. The van der Waals surface area contributed by atoms with Gasteiger partial charge in [0.05, 0.1) is 17.4 Å². The lowest BCUT2D eigenvalue weighted by molar-refractivity contribution is -0.137. The van der Waals surface area contributed by atoms with E-state index in [1.807, 2.05) is 0 Å². The molecule has 1 rings (SSSR count). The molecule has 25 heavy (non-hydrogen) atoms.